The topological polar surface area (TPSA) is 101 Å². The highest BCUT2D eigenvalue weighted by Gasteiger charge is 2.14. The summed E-state index contributed by atoms with van der Waals surface area (Å²) in [7, 11) is 0. The first kappa shape index (κ1) is 13.3. The third-order valence-electron chi connectivity index (χ3n) is 2.91. The summed E-state index contributed by atoms with van der Waals surface area (Å²) in [5.74, 6) is -0.860. The molecule has 6 nitrogen and oxygen atoms in total. The molecule has 4 N–H and O–H groups in total. The molecule has 0 spiro atoms. The average Bonchev–Trinajstić information content (AvgIpc) is 2.82. The van der Waals surface area contributed by atoms with Gasteiger partial charge in [-0.1, -0.05) is 17.4 Å². The molecule has 0 atom stereocenters. The van der Waals surface area contributed by atoms with E-state index in [0.717, 1.165) is 15.8 Å². The van der Waals surface area contributed by atoms with E-state index in [2.05, 4.69) is 15.3 Å². The van der Waals surface area contributed by atoms with Crippen molar-refractivity contribution >= 4 is 44.2 Å². The summed E-state index contributed by atoms with van der Waals surface area (Å²) in [5.41, 5.74) is 7.90. The lowest BCUT2D eigenvalue weighted by Crippen LogP contribution is -2.05. The van der Waals surface area contributed by atoms with Gasteiger partial charge in [0.05, 0.1) is 22.1 Å². The van der Waals surface area contributed by atoms with Crippen LogP contribution in [-0.2, 0) is 0 Å². The Kier molecular flexibility index (Phi) is 3.19. The summed E-state index contributed by atoms with van der Waals surface area (Å²) in [6, 6.07) is 7.32. The van der Waals surface area contributed by atoms with E-state index in [0.29, 0.717) is 10.8 Å². The molecular formula is C14H12N4O2S. The molecule has 0 radical (unpaired) electrons. The SMILES string of the molecule is Cc1ccc2nc(Nc3ncc(N)cc3C(=O)O)sc2c1. The number of hydrogen-bond donors (Lipinski definition) is 3. The quantitative estimate of drug-likeness (QED) is 0.687. The second kappa shape index (κ2) is 5.02. The number of rotatable bonds is 3. The smallest absolute Gasteiger partial charge is 0.339 e. The molecule has 3 rings (SSSR count). The van der Waals surface area contributed by atoms with Crippen LogP contribution in [0.2, 0.25) is 0 Å². The van der Waals surface area contributed by atoms with Crippen molar-refractivity contribution in [3.05, 3.63) is 41.6 Å². The van der Waals surface area contributed by atoms with Gasteiger partial charge >= 0.3 is 5.97 Å². The van der Waals surface area contributed by atoms with Crippen molar-refractivity contribution in [3.8, 4) is 0 Å². The number of aryl methyl sites for hydroxylation is 1. The minimum Gasteiger partial charge on any atom is -0.478 e. The van der Waals surface area contributed by atoms with E-state index < -0.39 is 5.97 Å². The highest BCUT2D eigenvalue weighted by Crippen LogP contribution is 2.29. The van der Waals surface area contributed by atoms with E-state index in [1.54, 1.807) is 0 Å². The normalized spacial score (nSPS) is 10.7. The monoisotopic (exact) mass is 300 g/mol. The maximum Gasteiger partial charge on any atom is 0.339 e. The van der Waals surface area contributed by atoms with Crippen molar-refractivity contribution in [2.24, 2.45) is 0 Å². The maximum atomic E-state index is 11.2. The molecule has 2 aromatic heterocycles. The predicted molar refractivity (Wildman–Crippen MR) is 83.2 cm³/mol. The summed E-state index contributed by atoms with van der Waals surface area (Å²) in [6.45, 7) is 2.01. The van der Waals surface area contributed by atoms with Gasteiger partial charge in [0.15, 0.2) is 5.13 Å². The van der Waals surface area contributed by atoms with Gasteiger partial charge < -0.3 is 16.2 Å². The number of benzene rings is 1. The molecule has 21 heavy (non-hydrogen) atoms. The zero-order valence-corrected chi connectivity index (χ0v) is 11.9. The van der Waals surface area contributed by atoms with Crippen LogP contribution in [0.1, 0.15) is 15.9 Å². The van der Waals surface area contributed by atoms with E-state index in [4.69, 9.17) is 5.73 Å². The minimum atomic E-state index is -1.09. The van der Waals surface area contributed by atoms with Crippen LogP contribution in [0.5, 0.6) is 0 Å². The van der Waals surface area contributed by atoms with Crippen molar-refractivity contribution < 1.29 is 9.90 Å². The molecule has 7 heteroatoms. The van der Waals surface area contributed by atoms with Crippen LogP contribution in [0.25, 0.3) is 10.2 Å². The van der Waals surface area contributed by atoms with Crippen molar-refractivity contribution in [3.63, 3.8) is 0 Å². The third-order valence-corrected chi connectivity index (χ3v) is 3.84. The molecule has 0 aliphatic rings. The molecular weight excluding hydrogens is 288 g/mol. The number of nitrogens with zero attached hydrogens (tertiary/aromatic N) is 2. The Balaban J connectivity index is 2.00. The molecule has 0 bridgehead atoms. The number of carboxylic acid groups (broad SMARTS) is 1. The second-order valence-electron chi connectivity index (χ2n) is 4.59. The third kappa shape index (κ3) is 2.63. The van der Waals surface area contributed by atoms with E-state index in [1.165, 1.54) is 23.6 Å². The molecule has 0 fully saturated rings. The minimum absolute atomic E-state index is 0.0189. The predicted octanol–water partition coefficient (Wildman–Crippen LogP) is 3.02. The number of thiazole rings is 1. The van der Waals surface area contributed by atoms with E-state index in [-0.39, 0.29) is 11.4 Å². The van der Waals surface area contributed by atoms with Crippen LogP contribution < -0.4 is 11.1 Å². The number of nitrogens with two attached hydrogens (primary N) is 1. The highest BCUT2D eigenvalue weighted by atomic mass is 32.1. The molecule has 0 saturated heterocycles. The van der Waals surface area contributed by atoms with Crippen molar-refractivity contribution in [1.82, 2.24) is 9.97 Å². The number of nitrogens with one attached hydrogen (secondary N) is 1. The van der Waals surface area contributed by atoms with E-state index in [1.807, 2.05) is 25.1 Å². The van der Waals surface area contributed by atoms with E-state index >= 15 is 0 Å². The number of pyridine rings is 1. The van der Waals surface area contributed by atoms with Gasteiger partial charge in [0.25, 0.3) is 0 Å². The lowest BCUT2D eigenvalue weighted by Gasteiger charge is -2.06. The van der Waals surface area contributed by atoms with E-state index in [9.17, 15) is 9.90 Å². The molecule has 0 amide bonds. The average molecular weight is 300 g/mol. The maximum absolute atomic E-state index is 11.2. The first-order valence-corrected chi connectivity index (χ1v) is 6.97. The molecule has 0 saturated carbocycles. The van der Waals surface area contributed by atoms with Gasteiger partial charge in [-0.25, -0.2) is 14.8 Å². The molecule has 3 aromatic rings. The Labute approximate surface area is 124 Å². The van der Waals surface area contributed by atoms with Crippen LogP contribution in [0.3, 0.4) is 0 Å². The zero-order chi connectivity index (χ0) is 15.0. The standard InChI is InChI=1S/C14H12N4O2S/c1-7-2-3-10-11(4-7)21-14(17-10)18-12-9(13(19)20)5-8(15)6-16-12/h2-6H,15H2,1H3,(H,19,20)(H,16,17,18). The Morgan fingerprint density at radius 3 is 2.95 bits per heavy atom. The number of hydrogen-bond acceptors (Lipinski definition) is 6. The molecule has 0 aliphatic carbocycles. The lowest BCUT2D eigenvalue weighted by atomic mass is 10.2. The Morgan fingerprint density at radius 2 is 2.19 bits per heavy atom. The van der Waals surface area contributed by atoms with Crippen LogP contribution >= 0.6 is 11.3 Å². The van der Waals surface area contributed by atoms with Gasteiger partial charge in [0.1, 0.15) is 11.4 Å². The van der Waals surface area contributed by atoms with Gasteiger partial charge in [0.2, 0.25) is 0 Å². The second-order valence-corrected chi connectivity index (χ2v) is 5.62. The fraction of sp³-hybridized carbons (Fsp3) is 0.0714. The van der Waals surface area contributed by atoms with Gasteiger partial charge in [-0.2, -0.15) is 0 Å². The Bertz CT molecular complexity index is 844. The van der Waals surface area contributed by atoms with Crippen molar-refractivity contribution in [1.29, 1.82) is 0 Å². The van der Waals surface area contributed by atoms with Crippen LogP contribution in [-0.4, -0.2) is 21.0 Å². The number of aromatic nitrogens is 2. The summed E-state index contributed by atoms with van der Waals surface area (Å²) in [4.78, 5) is 19.7. The summed E-state index contributed by atoms with van der Waals surface area (Å²) >= 11 is 1.44. The lowest BCUT2D eigenvalue weighted by molar-refractivity contribution is 0.0697. The molecule has 106 valence electrons. The first-order valence-electron chi connectivity index (χ1n) is 6.16. The number of fused-ring (bicyclic) bond motifs is 1. The van der Waals surface area contributed by atoms with Crippen molar-refractivity contribution in [2.45, 2.75) is 6.92 Å². The molecule has 1 aromatic carbocycles. The summed E-state index contributed by atoms with van der Waals surface area (Å²) < 4.78 is 1.03. The van der Waals surface area contributed by atoms with Gasteiger partial charge in [-0.15, -0.1) is 0 Å². The number of anilines is 3. The number of carbonyl (C=O) groups is 1. The highest BCUT2D eigenvalue weighted by molar-refractivity contribution is 7.22. The van der Waals surface area contributed by atoms with Crippen LogP contribution in [0.4, 0.5) is 16.6 Å². The van der Waals surface area contributed by atoms with Crippen LogP contribution in [0.15, 0.2) is 30.5 Å². The Morgan fingerprint density at radius 1 is 1.38 bits per heavy atom. The van der Waals surface area contributed by atoms with Gasteiger partial charge in [-0.05, 0) is 30.7 Å². The number of nitrogen functional groups attached to an aromatic ring is 1. The molecule has 0 unspecified atom stereocenters. The fourth-order valence-electron chi connectivity index (χ4n) is 1.93. The largest absolute Gasteiger partial charge is 0.478 e. The summed E-state index contributed by atoms with van der Waals surface area (Å²) in [6.07, 6.45) is 1.41. The number of carboxylic acids is 1. The molecule has 2 heterocycles. The first-order chi connectivity index (χ1) is 10.0. The number of aromatic carboxylic acids is 1. The van der Waals surface area contributed by atoms with Crippen LogP contribution in [0, 0.1) is 6.92 Å². The summed E-state index contributed by atoms with van der Waals surface area (Å²) in [5, 5.41) is 12.7. The van der Waals surface area contributed by atoms with Gasteiger partial charge in [0, 0.05) is 0 Å². The zero-order valence-electron chi connectivity index (χ0n) is 11.1. The van der Waals surface area contributed by atoms with Gasteiger partial charge in [-0.3, -0.25) is 0 Å². The fourth-order valence-corrected chi connectivity index (χ4v) is 2.89. The van der Waals surface area contributed by atoms with Crippen molar-refractivity contribution in [2.75, 3.05) is 11.1 Å². The Hall–Kier alpha value is -2.67. The molecule has 0 aliphatic heterocycles.